The van der Waals surface area contributed by atoms with Crippen LogP contribution in [0.25, 0.3) is 0 Å². The van der Waals surface area contributed by atoms with E-state index in [1.807, 2.05) is 20.8 Å². The minimum absolute atomic E-state index is 0.0175. The first-order chi connectivity index (χ1) is 15.5. The minimum atomic E-state index is -0.166. The van der Waals surface area contributed by atoms with Gasteiger partial charge in [-0.3, -0.25) is 4.79 Å². The fourth-order valence-corrected chi connectivity index (χ4v) is 3.72. The fourth-order valence-electron chi connectivity index (χ4n) is 3.62. The zero-order chi connectivity index (χ0) is 22.9. The number of halogens is 1. The van der Waals surface area contributed by atoms with Crippen LogP contribution in [0.5, 0.6) is 23.3 Å². The molecule has 0 atom stereocenters. The highest BCUT2D eigenvalue weighted by Gasteiger charge is 2.26. The molecule has 1 fully saturated rings. The summed E-state index contributed by atoms with van der Waals surface area (Å²) in [5.41, 5.74) is 0.480. The van der Waals surface area contributed by atoms with Crippen molar-refractivity contribution in [1.82, 2.24) is 15.3 Å². The number of nitrogens with one attached hydrogen (secondary N) is 1. The second-order valence-corrected chi connectivity index (χ2v) is 7.79. The van der Waals surface area contributed by atoms with Crippen molar-refractivity contribution >= 4 is 17.5 Å². The monoisotopic (exact) mass is 463 g/mol. The number of rotatable bonds is 10. The molecular formula is C23H30ClN3O5. The van der Waals surface area contributed by atoms with Crippen LogP contribution in [-0.2, 0) is 0 Å². The van der Waals surface area contributed by atoms with E-state index in [1.54, 1.807) is 12.1 Å². The number of amides is 1. The number of carbonyl (C=O) groups excluding carboxylic acids is 1. The number of carbonyl (C=O) groups is 1. The van der Waals surface area contributed by atoms with E-state index >= 15 is 0 Å². The summed E-state index contributed by atoms with van der Waals surface area (Å²) in [6.07, 6.45) is 6.25. The van der Waals surface area contributed by atoms with Crippen molar-refractivity contribution in [3.8, 4) is 23.3 Å². The molecule has 3 rings (SSSR count). The number of benzene rings is 1. The molecule has 0 radical (unpaired) electrons. The predicted molar refractivity (Wildman–Crippen MR) is 121 cm³/mol. The Hall–Kier alpha value is -2.74. The molecule has 32 heavy (non-hydrogen) atoms. The summed E-state index contributed by atoms with van der Waals surface area (Å²) in [5.74, 6) is 1.37. The average molecular weight is 464 g/mol. The van der Waals surface area contributed by atoms with Gasteiger partial charge >= 0.3 is 6.01 Å². The van der Waals surface area contributed by atoms with Gasteiger partial charge in [-0.05, 0) is 58.6 Å². The first-order valence-corrected chi connectivity index (χ1v) is 11.4. The maximum atomic E-state index is 13.0. The molecule has 2 aromatic rings. The summed E-state index contributed by atoms with van der Waals surface area (Å²) in [6.45, 7) is 7.05. The van der Waals surface area contributed by atoms with Crippen LogP contribution in [0.4, 0.5) is 0 Å². The van der Waals surface area contributed by atoms with Crippen LogP contribution >= 0.6 is 11.6 Å². The van der Waals surface area contributed by atoms with Gasteiger partial charge in [0.05, 0.1) is 37.2 Å². The smallest absolute Gasteiger partial charge is 0.316 e. The molecule has 8 nitrogen and oxygen atoms in total. The van der Waals surface area contributed by atoms with E-state index in [-0.39, 0.29) is 18.1 Å². The lowest BCUT2D eigenvalue weighted by molar-refractivity contribution is 0.0884. The Kier molecular flexibility index (Phi) is 8.79. The van der Waals surface area contributed by atoms with Gasteiger partial charge < -0.3 is 24.3 Å². The lowest BCUT2D eigenvalue weighted by atomic mass is 9.92. The lowest BCUT2D eigenvalue weighted by Crippen LogP contribution is -2.39. The van der Waals surface area contributed by atoms with Crippen LogP contribution in [0.3, 0.4) is 0 Å². The molecule has 0 spiro atoms. The first-order valence-electron chi connectivity index (χ1n) is 11.0. The SMILES string of the molecule is CCOc1cc(C(=O)NC2CCC(Oc3ncc(Cl)cn3)CC2)cc(OCC)c1OCC. The van der Waals surface area contributed by atoms with Gasteiger partial charge in [0, 0.05) is 11.6 Å². The number of aromatic nitrogens is 2. The van der Waals surface area contributed by atoms with Crippen molar-refractivity contribution in [1.29, 1.82) is 0 Å². The Labute approximate surface area is 193 Å². The van der Waals surface area contributed by atoms with Crippen molar-refractivity contribution in [2.24, 2.45) is 0 Å². The molecule has 0 bridgehead atoms. The number of hydrogen-bond donors (Lipinski definition) is 1. The number of hydrogen-bond acceptors (Lipinski definition) is 7. The standard InChI is InChI=1S/C23H30ClN3O5/c1-4-29-19-11-15(12-20(30-5-2)21(19)31-6-3)22(28)27-17-7-9-18(10-8-17)32-23-25-13-16(24)14-26-23/h11-14,17-18H,4-10H2,1-3H3,(H,27,28). The summed E-state index contributed by atoms with van der Waals surface area (Å²) in [4.78, 5) is 21.1. The quantitative estimate of drug-likeness (QED) is 0.556. The Morgan fingerprint density at radius 2 is 1.53 bits per heavy atom. The van der Waals surface area contributed by atoms with Crippen molar-refractivity contribution in [2.45, 2.75) is 58.6 Å². The molecular weight excluding hydrogens is 434 g/mol. The van der Waals surface area contributed by atoms with Crippen LogP contribution in [-0.4, -0.2) is 47.8 Å². The van der Waals surface area contributed by atoms with Crippen LogP contribution in [0.15, 0.2) is 24.5 Å². The first kappa shape index (κ1) is 23.9. The van der Waals surface area contributed by atoms with Crippen LogP contribution < -0.4 is 24.3 Å². The molecule has 9 heteroatoms. The highest BCUT2D eigenvalue weighted by atomic mass is 35.5. The molecule has 174 valence electrons. The van der Waals surface area contributed by atoms with Gasteiger partial charge in [-0.2, -0.15) is 0 Å². The molecule has 0 saturated heterocycles. The minimum Gasteiger partial charge on any atom is -0.490 e. The number of nitrogens with zero attached hydrogens (tertiary/aromatic N) is 2. The molecule has 1 aromatic carbocycles. The van der Waals surface area contributed by atoms with Gasteiger partial charge in [0.2, 0.25) is 5.75 Å². The van der Waals surface area contributed by atoms with E-state index in [4.69, 9.17) is 30.5 Å². The van der Waals surface area contributed by atoms with Gasteiger partial charge in [0.25, 0.3) is 5.91 Å². The van der Waals surface area contributed by atoms with Gasteiger partial charge in [0.15, 0.2) is 11.5 Å². The molecule has 1 saturated carbocycles. The second-order valence-electron chi connectivity index (χ2n) is 7.35. The Morgan fingerprint density at radius 3 is 2.06 bits per heavy atom. The molecule has 1 amide bonds. The zero-order valence-corrected chi connectivity index (χ0v) is 19.5. The largest absolute Gasteiger partial charge is 0.490 e. The lowest BCUT2D eigenvalue weighted by Gasteiger charge is -2.29. The van der Waals surface area contributed by atoms with Crippen LogP contribution in [0.2, 0.25) is 5.02 Å². The van der Waals surface area contributed by atoms with Gasteiger partial charge in [-0.25, -0.2) is 9.97 Å². The maximum Gasteiger partial charge on any atom is 0.316 e. The molecule has 1 aromatic heterocycles. The third-order valence-electron chi connectivity index (χ3n) is 5.05. The van der Waals surface area contributed by atoms with Crippen LogP contribution in [0, 0.1) is 0 Å². The molecule has 0 aliphatic heterocycles. The van der Waals surface area contributed by atoms with E-state index in [0.29, 0.717) is 53.7 Å². The van der Waals surface area contributed by atoms with Crippen molar-refractivity contribution < 1.29 is 23.7 Å². The molecule has 1 aliphatic carbocycles. The van der Waals surface area contributed by atoms with Gasteiger partial charge in [-0.15, -0.1) is 0 Å². The van der Waals surface area contributed by atoms with Crippen molar-refractivity contribution in [3.05, 3.63) is 35.1 Å². The van der Waals surface area contributed by atoms with E-state index in [9.17, 15) is 4.79 Å². The van der Waals surface area contributed by atoms with Gasteiger partial charge in [-0.1, -0.05) is 11.6 Å². The summed E-state index contributed by atoms with van der Waals surface area (Å²) in [7, 11) is 0. The van der Waals surface area contributed by atoms with E-state index < -0.39 is 0 Å². The zero-order valence-electron chi connectivity index (χ0n) is 18.7. The maximum absolute atomic E-state index is 13.0. The third kappa shape index (κ3) is 6.38. The normalized spacial score (nSPS) is 18.0. The molecule has 1 heterocycles. The van der Waals surface area contributed by atoms with Crippen LogP contribution in [0.1, 0.15) is 56.8 Å². The Morgan fingerprint density at radius 1 is 0.969 bits per heavy atom. The molecule has 1 N–H and O–H groups in total. The van der Waals surface area contributed by atoms with Crippen molar-refractivity contribution in [2.75, 3.05) is 19.8 Å². The second kappa shape index (κ2) is 11.8. The summed E-state index contributed by atoms with van der Waals surface area (Å²) in [5, 5.41) is 3.59. The molecule has 0 unspecified atom stereocenters. The van der Waals surface area contributed by atoms with Crippen molar-refractivity contribution in [3.63, 3.8) is 0 Å². The summed E-state index contributed by atoms with van der Waals surface area (Å²) >= 11 is 5.81. The average Bonchev–Trinajstić information content (AvgIpc) is 2.79. The summed E-state index contributed by atoms with van der Waals surface area (Å²) < 4.78 is 23.0. The summed E-state index contributed by atoms with van der Waals surface area (Å²) in [6, 6.07) is 3.80. The van der Waals surface area contributed by atoms with Gasteiger partial charge in [0.1, 0.15) is 6.10 Å². The highest BCUT2D eigenvalue weighted by molar-refractivity contribution is 6.30. The van der Waals surface area contributed by atoms with E-state index in [1.165, 1.54) is 12.4 Å². The fraction of sp³-hybridized carbons (Fsp3) is 0.522. The van der Waals surface area contributed by atoms with E-state index in [2.05, 4.69) is 15.3 Å². The topological polar surface area (TPSA) is 91.8 Å². The van der Waals surface area contributed by atoms with E-state index in [0.717, 1.165) is 25.7 Å². The number of ether oxygens (including phenoxy) is 4. The Balaban J connectivity index is 1.62. The predicted octanol–water partition coefficient (Wildman–Crippen LogP) is 4.45. The third-order valence-corrected chi connectivity index (χ3v) is 5.24. The molecule has 1 aliphatic rings. The highest BCUT2D eigenvalue weighted by Crippen LogP contribution is 2.39. The Bertz CT molecular complexity index is 859.